The Balaban J connectivity index is 1.72. The average Bonchev–Trinajstić information content (AvgIpc) is 2.92. The summed E-state index contributed by atoms with van der Waals surface area (Å²) in [6, 6.07) is 18.1. The highest BCUT2D eigenvalue weighted by Crippen LogP contribution is 2.27. The van der Waals surface area contributed by atoms with Crippen LogP contribution in [0.15, 0.2) is 54.6 Å². The summed E-state index contributed by atoms with van der Waals surface area (Å²) in [4.78, 5) is 16.4. The van der Waals surface area contributed by atoms with Crippen LogP contribution < -0.4 is 9.80 Å². The fourth-order valence-corrected chi connectivity index (χ4v) is 2.66. The molecule has 1 heterocycles. The summed E-state index contributed by atoms with van der Waals surface area (Å²) >= 11 is 0. The van der Waals surface area contributed by atoms with E-state index in [4.69, 9.17) is 0 Å². The van der Waals surface area contributed by atoms with Gasteiger partial charge in [0.1, 0.15) is 0 Å². The minimum atomic E-state index is 0.154. The molecule has 3 nitrogen and oxygen atoms in total. The van der Waals surface area contributed by atoms with Gasteiger partial charge in [-0.3, -0.25) is 4.79 Å². The van der Waals surface area contributed by atoms with Crippen LogP contribution in [0.1, 0.15) is 5.56 Å². The monoisotopic (exact) mass is 266 g/mol. The highest BCUT2D eigenvalue weighted by atomic mass is 16.2. The molecule has 0 saturated carbocycles. The summed E-state index contributed by atoms with van der Waals surface area (Å²) in [5.74, 6) is 0.154. The largest absolute Gasteiger partial charge is 0.365 e. The number of fused-ring (bicyclic) bond motifs is 1. The molecule has 0 saturated heterocycles. The lowest BCUT2D eigenvalue weighted by Crippen LogP contribution is -2.38. The number of carbonyl (C=O) groups excluding carboxylic acids is 1. The Kier molecular flexibility index (Phi) is 3.42. The maximum absolute atomic E-state index is 12.5. The van der Waals surface area contributed by atoms with E-state index in [1.807, 2.05) is 65.4 Å². The molecule has 0 spiro atoms. The number of hydrogen-bond donors (Lipinski definition) is 0. The topological polar surface area (TPSA) is 23.6 Å². The molecule has 0 N–H and O–H groups in total. The Morgan fingerprint density at radius 2 is 1.80 bits per heavy atom. The van der Waals surface area contributed by atoms with Crippen molar-refractivity contribution < 1.29 is 4.79 Å². The number of rotatable bonds is 3. The van der Waals surface area contributed by atoms with Gasteiger partial charge in [-0.05, 0) is 30.2 Å². The summed E-state index contributed by atoms with van der Waals surface area (Å²) in [5.41, 5.74) is 3.40. The number of carbonyl (C=O) groups is 1. The molecular weight excluding hydrogens is 248 g/mol. The second-order valence-electron chi connectivity index (χ2n) is 5.12. The molecule has 3 rings (SSSR count). The molecule has 0 unspecified atom stereocenters. The van der Waals surface area contributed by atoms with Crippen LogP contribution in [0.25, 0.3) is 0 Å². The molecule has 0 atom stereocenters. The smallest absolute Gasteiger partial charge is 0.246 e. The predicted octanol–water partition coefficient (Wildman–Crippen LogP) is 2.71. The number of likely N-dealkylation sites (N-methyl/N-ethyl adjacent to an activating group) is 1. The molecule has 102 valence electrons. The Bertz CT molecular complexity index is 609. The van der Waals surface area contributed by atoms with Gasteiger partial charge in [-0.15, -0.1) is 0 Å². The maximum Gasteiger partial charge on any atom is 0.246 e. The van der Waals surface area contributed by atoms with Crippen LogP contribution >= 0.6 is 0 Å². The summed E-state index contributed by atoms with van der Waals surface area (Å²) in [5, 5.41) is 0. The van der Waals surface area contributed by atoms with E-state index in [0.29, 0.717) is 6.54 Å². The minimum absolute atomic E-state index is 0.154. The van der Waals surface area contributed by atoms with E-state index in [-0.39, 0.29) is 5.91 Å². The van der Waals surface area contributed by atoms with Crippen LogP contribution in [0.5, 0.6) is 0 Å². The van der Waals surface area contributed by atoms with Crippen LogP contribution in [0.3, 0.4) is 0 Å². The van der Waals surface area contributed by atoms with Gasteiger partial charge in [0.25, 0.3) is 0 Å². The van der Waals surface area contributed by atoms with Gasteiger partial charge in [-0.2, -0.15) is 0 Å². The molecule has 1 aliphatic heterocycles. The second-order valence-corrected chi connectivity index (χ2v) is 5.12. The minimum Gasteiger partial charge on any atom is -0.365 e. The van der Waals surface area contributed by atoms with Crippen molar-refractivity contribution in [1.82, 2.24) is 0 Å². The van der Waals surface area contributed by atoms with Gasteiger partial charge in [0.2, 0.25) is 5.91 Å². The molecule has 0 radical (unpaired) electrons. The van der Waals surface area contributed by atoms with E-state index < -0.39 is 0 Å². The Morgan fingerprint density at radius 3 is 2.60 bits per heavy atom. The quantitative estimate of drug-likeness (QED) is 0.853. The van der Waals surface area contributed by atoms with Crippen molar-refractivity contribution in [2.24, 2.45) is 0 Å². The third kappa shape index (κ3) is 2.39. The van der Waals surface area contributed by atoms with Gasteiger partial charge in [0.15, 0.2) is 0 Å². The van der Waals surface area contributed by atoms with Gasteiger partial charge in [0, 0.05) is 25.0 Å². The molecule has 1 amide bonds. The molecule has 0 aliphatic carbocycles. The number of hydrogen-bond acceptors (Lipinski definition) is 2. The molecule has 20 heavy (non-hydrogen) atoms. The van der Waals surface area contributed by atoms with Crippen LogP contribution in [-0.2, 0) is 11.2 Å². The van der Waals surface area contributed by atoms with E-state index in [0.717, 1.165) is 24.3 Å². The van der Waals surface area contributed by atoms with Gasteiger partial charge >= 0.3 is 0 Å². The number of benzene rings is 2. The van der Waals surface area contributed by atoms with Crippen molar-refractivity contribution in [3.8, 4) is 0 Å². The van der Waals surface area contributed by atoms with Gasteiger partial charge in [-0.1, -0.05) is 36.4 Å². The lowest BCUT2D eigenvalue weighted by atomic mass is 10.2. The van der Waals surface area contributed by atoms with Crippen molar-refractivity contribution >= 4 is 17.3 Å². The van der Waals surface area contributed by atoms with Gasteiger partial charge in [0.05, 0.1) is 6.54 Å². The fourth-order valence-electron chi connectivity index (χ4n) is 2.66. The standard InChI is InChI=1S/C17H18N2O/c1-18(15-8-3-2-4-9-15)13-17(20)19-12-11-14-7-5-6-10-16(14)19/h2-10H,11-13H2,1H3. The van der Waals surface area contributed by atoms with E-state index >= 15 is 0 Å². The number of amides is 1. The molecule has 3 heteroatoms. The normalized spacial score (nSPS) is 13.2. The number of para-hydroxylation sites is 2. The summed E-state index contributed by atoms with van der Waals surface area (Å²) in [7, 11) is 1.95. The highest BCUT2D eigenvalue weighted by molar-refractivity contribution is 5.98. The first kappa shape index (κ1) is 12.7. The Hall–Kier alpha value is -2.29. The molecule has 1 aliphatic rings. The lowest BCUT2D eigenvalue weighted by molar-refractivity contribution is -0.117. The zero-order chi connectivity index (χ0) is 13.9. The van der Waals surface area contributed by atoms with E-state index in [9.17, 15) is 4.79 Å². The van der Waals surface area contributed by atoms with E-state index in [1.165, 1.54) is 5.56 Å². The van der Waals surface area contributed by atoms with E-state index in [1.54, 1.807) is 0 Å². The van der Waals surface area contributed by atoms with Crippen molar-refractivity contribution in [3.05, 3.63) is 60.2 Å². The number of nitrogens with zero attached hydrogens (tertiary/aromatic N) is 2. The van der Waals surface area contributed by atoms with Crippen molar-refractivity contribution in [3.63, 3.8) is 0 Å². The van der Waals surface area contributed by atoms with Crippen molar-refractivity contribution in [2.75, 3.05) is 29.9 Å². The van der Waals surface area contributed by atoms with Crippen LogP contribution in [-0.4, -0.2) is 26.0 Å². The zero-order valence-electron chi connectivity index (χ0n) is 11.6. The zero-order valence-corrected chi connectivity index (χ0v) is 11.6. The van der Waals surface area contributed by atoms with Crippen molar-refractivity contribution in [1.29, 1.82) is 0 Å². The molecule has 0 aromatic heterocycles. The summed E-state index contributed by atoms with van der Waals surface area (Å²) < 4.78 is 0. The van der Waals surface area contributed by atoms with E-state index in [2.05, 4.69) is 6.07 Å². The first-order valence-electron chi connectivity index (χ1n) is 6.90. The highest BCUT2D eigenvalue weighted by Gasteiger charge is 2.24. The Labute approximate surface area is 119 Å². The SMILES string of the molecule is CN(CC(=O)N1CCc2ccccc21)c1ccccc1. The molecule has 0 fully saturated rings. The molecule has 2 aromatic carbocycles. The van der Waals surface area contributed by atoms with Gasteiger partial charge < -0.3 is 9.80 Å². The first-order valence-corrected chi connectivity index (χ1v) is 6.90. The second kappa shape index (κ2) is 5.37. The predicted molar refractivity (Wildman–Crippen MR) is 82.2 cm³/mol. The first-order chi connectivity index (χ1) is 9.75. The molecule has 2 aromatic rings. The summed E-state index contributed by atoms with van der Waals surface area (Å²) in [6.07, 6.45) is 0.955. The third-order valence-electron chi connectivity index (χ3n) is 3.76. The van der Waals surface area contributed by atoms with Crippen molar-refractivity contribution in [2.45, 2.75) is 6.42 Å². The molecular formula is C17H18N2O. The van der Waals surface area contributed by atoms with Crippen LogP contribution in [0, 0.1) is 0 Å². The van der Waals surface area contributed by atoms with Gasteiger partial charge in [-0.25, -0.2) is 0 Å². The molecule has 0 bridgehead atoms. The number of anilines is 2. The third-order valence-corrected chi connectivity index (χ3v) is 3.76. The lowest BCUT2D eigenvalue weighted by Gasteiger charge is -2.23. The summed E-state index contributed by atoms with van der Waals surface area (Å²) in [6.45, 7) is 1.19. The maximum atomic E-state index is 12.5. The van der Waals surface area contributed by atoms with Crippen LogP contribution in [0.4, 0.5) is 11.4 Å². The fraction of sp³-hybridized carbons (Fsp3) is 0.235. The van der Waals surface area contributed by atoms with Crippen LogP contribution in [0.2, 0.25) is 0 Å². The Morgan fingerprint density at radius 1 is 1.10 bits per heavy atom. The average molecular weight is 266 g/mol.